The summed E-state index contributed by atoms with van der Waals surface area (Å²) in [7, 11) is 0. The zero-order chi connectivity index (χ0) is 11.1. The predicted octanol–water partition coefficient (Wildman–Crippen LogP) is 2.99. The van der Waals surface area contributed by atoms with Gasteiger partial charge in [-0.3, -0.25) is 0 Å². The van der Waals surface area contributed by atoms with Crippen molar-refractivity contribution in [1.29, 1.82) is 0 Å². The van der Waals surface area contributed by atoms with E-state index in [0.29, 0.717) is 6.04 Å². The second-order valence-corrected chi connectivity index (χ2v) is 5.28. The lowest BCUT2D eigenvalue weighted by atomic mass is 9.86. The monoisotopic (exact) mass is 229 g/mol. The number of thioether (sulfide) groups is 1. The van der Waals surface area contributed by atoms with E-state index in [0.717, 1.165) is 12.8 Å². The molecule has 0 saturated carbocycles. The van der Waals surface area contributed by atoms with Crippen LogP contribution in [-0.2, 0) is 12.8 Å². The highest BCUT2D eigenvalue weighted by Gasteiger charge is 2.18. The van der Waals surface area contributed by atoms with Crippen LogP contribution in [0.4, 0.5) is 0 Å². The van der Waals surface area contributed by atoms with Crippen molar-refractivity contribution in [2.75, 3.05) is 6.26 Å². The number of hydrogen-bond acceptors (Lipinski definition) is 2. The van der Waals surface area contributed by atoms with Crippen LogP contribution >= 0.6 is 11.8 Å². The van der Waals surface area contributed by atoms with Crippen LogP contribution in [-0.4, -0.2) is 12.3 Å². The van der Waals surface area contributed by atoms with E-state index in [1.54, 1.807) is 0 Å². The van der Waals surface area contributed by atoms with E-state index in [4.69, 9.17) is 5.73 Å². The second-order valence-electron chi connectivity index (χ2n) is 4.43. The van der Waals surface area contributed by atoms with Gasteiger partial charge in [0, 0.05) is 10.9 Å². The van der Waals surface area contributed by atoms with Crippen LogP contribution in [0.3, 0.4) is 0 Å². The van der Waals surface area contributed by atoms with Gasteiger partial charge >= 0.3 is 0 Å². The fraction of sp³-hybridized carbons (Fsp3) is 0.286. The fourth-order valence-corrected chi connectivity index (χ4v) is 3.28. The highest BCUT2D eigenvalue weighted by atomic mass is 32.2. The molecule has 1 nitrogen and oxygen atoms in total. The predicted molar refractivity (Wildman–Crippen MR) is 71.1 cm³/mol. The first-order valence-corrected chi connectivity index (χ1v) is 6.85. The van der Waals surface area contributed by atoms with Gasteiger partial charge in [0.05, 0.1) is 0 Å². The lowest BCUT2D eigenvalue weighted by Gasteiger charge is -2.23. The molecule has 2 N–H and O–H groups in total. The lowest BCUT2D eigenvalue weighted by molar-refractivity contribution is 0.656. The Morgan fingerprint density at radius 1 is 1.12 bits per heavy atom. The molecular formula is C14H15NS. The molecule has 2 aromatic carbocycles. The van der Waals surface area contributed by atoms with E-state index in [1.165, 1.54) is 26.8 Å². The lowest BCUT2D eigenvalue weighted by Crippen LogP contribution is -2.28. The summed E-state index contributed by atoms with van der Waals surface area (Å²) in [5.74, 6) is 0. The number of nitrogens with two attached hydrogens (primary N) is 1. The summed E-state index contributed by atoms with van der Waals surface area (Å²) < 4.78 is 0. The third-order valence-electron chi connectivity index (χ3n) is 3.36. The van der Waals surface area contributed by atoms with Gasteiger partial charge in [0.1, 0.15) is 0 Å². The number of benzene rings is 2. The largest absolute Gasteiger partial charge is 0.327 e. The molecule has 0 heterocycles. The van der Waals surface area contributed by atoms with E-state index in [-0.39, 0.29) is 0 Å². The molecule has 0 spiro atoms. The average Bonchev–Trinajstić information content (AvgIpc) is 2.29. The normalized spacial score (nSPS) is 19.0. The second kappa shape index (κ2) is 3.79. The first-order chi connectivity index (χ1) is 7.79. The van der Waals surface area contributed by atoms with Crippen LogP contribution in [0.5, 0.6) is 0 Å². The quantitative estimate of drug-likeness (QED) is 0.761. The Kier molecular flexibility index (Phi) is 2.41. The average molecular weight is 229 g/mol. The van der Waals surface area contributed by atoms with Crippen molar-refractivity contribution in [3.05, 3.63) is 41.5 Å². The van der Waals surface area contributed by atoms with Gasteiger partial charge in [-0.1, -0.05) is 24.3 Å². The molecule has 2 aromatic rings. The summed E-state index contributed by atoms with van der Waals surface area (Å²) in [5, 5.41) is 2.85. The summed E-state index contributed by atoms with van der Waals surface area (Å²) in [5.41, 5.74) is 8.93. The molecule has 16 heavy (non-hydrogen) atoms. The Balaban J connectivity index is 2.37. The third-order valence-corrected chi connectivity index (χ3v) is 4.15. The number of rotatable bonds is 1. The summed E-state index contributed by atoms with van der Waals surface area (Å²) in [6.45, 7) is 0. The van der Waals surface area contributed by atoms with E-state index >= 15 is 0 Å². The van der Waals surface area contributed by atoms with Crippen LogP contribution in [0.15, 0.2) is 35.2 Å². The van der Waals surface area contributed by atoms with Crippen molar-refractivity contribution in [2.24, 2.45) is 5.73 Å². The highest BCUT2D eigenvalue weighted by molar-refractivity contribution is 7.98. The van der Waals surface area contributed by atoms with Crippen molar-refractivity contribution in [3.63, 3.8) is 0 Å². The molecule has 2 heteroatoms. The molecule has 0 aliphatic heterocycles. The van der Waals surface area contributed by atoms with Gasteiger partial charge in [0.2, 0.25) is 0 Å². The zero-order valence-corrected chi connectivity index (χ0v) is 10.2. The van der Waals surface area contributed by atoms with E-state index in [9.17, 15) is 0 Å². The van der Waals surface area contributed by atoms with Crippen molar-refractivity contribution >= 4 is 22.5 Å². The van der Waals surface area contributed by atoms with Crippen molar-refractivity contribution in [1.82, 2.24) is 0 Å². The summed E-state index contributed by atoms with van der Waals surface area (Å²) in [6.07, 6.45) is 4.17. The first-order valence-electron chi connectivity index (χ1n) is 5.62. The molecule has 1 unspecified atom stereocenters. The minimum absolute atomic E-state index is 0.290. The van der Waals surface area contributed by atoms with Gasteiger partial charge in [0.25, 0.3) is 0 Å². The van der Waals surface area contributed by atoms with Crippen LogP contribution < -0.4 is 5.73 Å². The minimum atomic E-state index is 0.290. The van der Waals surface area contributed by atoms with Gasteiger partial charge in [-0.15, -0.1) is 11.8 Å². The molecule has 1 atom stereocenters. The van der Waals surface area contributed by atoms with Crippen LogP contribution in [0.2, 0.25) is 0 Å². The van der Waals surface area contributed by atoms with Gasteiger partial charge in [-0.2, -0.15) is 0 Å². The molecule has 0 amide bonds. The maximum absolute atomic E-state index is 6.09. The van der Waals surface area contributed by atoms with Crippen LogP contribution in [0, 0.1) is 0 Å². The molecule has 0 bridgehead atoms. The van der Waals surface area contributed by atoms with E-state index in [2.05, 4.69) is 36.6 Å². The van der Waals surface area contributed by atoms with Crippen molar-refractivity contribution in [3.8, 4) is 0 Å². The molecule has 0 saturated heterocycles. The van der Waals surface area contributed by atoms with E-state index in [1.807, 2.05) is 11.8 Å². The van der Waals surface area contributed by atoms with Gasteiger partial charge in [-0.25, -0.2) is 0 Å². The Labute approximate surface area is 100 Å². The summed E-state index contributed by atoms with van der Waals surface area (Å²) in [4.78, 5) is 1.37. The first kappa shape index (κ1) is 10.2. The smallest absolute Gasteiger partial charge is 0.0148 e. The molecule has 3 rings (SSSR count). The molecule has 0 fully saturated rings. The highest BCUT2D eigenvalue weighted by Crippen LogP contribution is 2.34. The molecule has 1 aliphatic carbocycles. The van der Waals surface area contributed by atoms with Crippen molar-refractivity contribution < 1.29 is 0 Å². The Morgan fingerprint density at radius 2 is 1.88 bits per heavy atom. The van der Waals surface area contributed by atoms with Gasteiger partial charge in [0.15, 0.2) is 0 Å². The van der Waals surface area contributed by atoms with E-state index < -0.39 is 0 Å². The van der Waals surface area contributed by atoms with Crippen molar-refractivity contribution in [2.45, 2.75) is 23.8 Å². The molecule has 0 radical (unpaired) electrons. The molecule has 82 valence electrons. The summed E-state index contributed by atoms with van der Waals surface area (Å²) in [6, 6.07) is 11.4. The zero-order valence-electron chi connectivity index (χ0n) is 9.36. The van der Waals surface area contributed by atoms with Crippen LogP contribution in [0.25, 0.3) is 10.8 Å². The SMILES string of the molecule is CSc1ccc2c3c(cccc13)CC(N)C2. The topological polar surface area (TPSA) is 26.0 Å². The Bertz CT molecular complexity index is 535. The number of hydrogen-bond donors (Lipinski definition) is 1. The Morgan fingerprint density at radius 3 is 2.62 bits per heavy atom. The van der Waals surface area contributed by atoms with Crippen LogP contribution in [0.1, 0.15) is 11.1 Å². The maximum atomic E-state index is 6.09. The molecular weight excluding hydrogens is 214 g/mol. The summed E-state index contributed by atoms with van der Waals surface area (Å²) >= 11 is 1.82. The third kappa shape index (κ3) is 1.45. The molecule has 0 aromatic heterocycles. The van der Waals surface area contributed by atoms with Gasteiger partial charge < -0.3 is 5.73 Å². The van der Waals surface area contributed by atoms with Gasteiger partial charge in [-0.05, 0) is 47.1 Å². The minimum Gasteiger partial charge on any atom is -0.327 e. The maximum Gasteiger partial charge on any atom is 0.0148 e. The standard InChI is InChI=1S/C14H15NS/c1-16-13-6-5-10-8-11(15)7-9-3-2-4-12(13)14(9)10/h2-6,11H,7-8,15H2,1H3. The molecule has 1 aliphatic rings. The Hall–Kier alpha value is -0.990. The fourth-order valence-electron chi connectivity index (χ4n) is 2.69.